The van der Waals surface area contributed by atoms with Gasteiger partial charge >= 0.3 is 5.97 Å². The number of phenolic OH excluding ortho intramolecular Hbond substituents is 1. The van der Waals surface area contributed by atoms with Gasteiger partial charge < -0.3 is 24.1 Å². The molecule has 10 nitrogen and oxygen atoms in total. The van der Waals surface area contributed by atoms with Crippen LogP contribution >= 0.6 is 0 Å². The molecule has 204 valence electrons. The van der Waals surface area contributed by atoms with E-state index < -0.39 is 30.1 Å². The second-order valence-electron chi connectivity index (χ2n) is 10.7. The fraction of sp³-hybridized carbons (Fsp3) is 0.483. The van der Waals surface area contributed by atoms with Crippen molar-refractivity contribution in [3.05, 3.63) is 39.4 Å². The molecule has 4 aliphatic heterocycles. The molecule has 0 saturated carbocycles. The fourth-order valence-electron chi connectivity index (χ4n) is 7.30. The second kappa shape index (κ2) is 8.86. The molecule has 0 aliphatic carbocycles. The van der Waals surface area contributed by atoms with Crippen molar-refractivity contribution >= 4 is 11.8 Å². The zero-order chi connectivity index (χ0) is 27.9. The zero-order valence-corrected chi connectivity index (χ0v) is 22.8. The number of ketones is 1. The molecule has 6 rings (SSSR count). The molecule has 0 unspecified atom stereocenters. The number of carbonyl (C=O) groups is 2. The maximum absolute atomic E-state index is 14.7. The van der Waals surface area contributed by atoms with Crippen molar-refractivity contribution in [2.75, 3.05) is 21.0 Å². The average Bonchev–Trinajstić information content (AvgIpc) is 3.38. The number of rotatable bonds is 3. The van der Waals surface area contributed by atoms with Gasteiger partial charge in [0.25, 0.3) is 0 Å². The number of esters is 1. The number of nitriles is 1. The van der Waals surface area contributed by atoms with Crippen molar-refractivity contribution in [2.45, 2.75) is 70.7 Å². The summed E-state index contributed by atoms with van der Waals surface area (Å²) in [4.78, 5) is 31.0. The maximum atomic E-state index is 14.7. The van der Waals surface area contributed by atoms with Crippen LogP contribution in [0.4, 0.5) is 0 Å². The Morgan fingerprint density at radius 2 is 1.92 bits per heavy atom. The maximum Gasteiger partial charge on any atom is 0.308 e. The summed E-state index contributed by atoms with van der Waals surface area (Å²) in [6, 6.07) is 1.85. The Balaban J connectivity index is 1.67. The lowest BCUT2D eigenvalue weighted by Crippen LogP contribution is -2.69. The van der Waals surface area contributed by atoms with Gasteiger partial charge in [-0.15, -0.1) is 0 Å². The summed E-state index contributed by atoms with van der Waals surface area (Å²) >= 11 is 0. The van der Waals surface area contributed by atoms with Gasteiger partial charge in [-0.1, -0.05) is 13.0 Å². The molecule has 0 amide bonds. The number of carbonyl (C=O) groups excluding carboxylic acids is 2. The highest BCUT2D eigenvalue weighted by atomic mass is 16.7. The predicted molar refractivity (Wildman–Crippen MR) is 138 cm³/mol. The van der Waals surface area contributed by atoms with Crippen LogP contribution < -0.4 is 18.9 Å². The highest BCUT2D eigenvalue weighted by Crippen LogP contribution is 2.58. The van der Waals surface area contributed by atoms with Crippen molar-refractivity contribution in [2.24, 2.45) is 0 Å². The number of benzene rings is 2. The van der Waals surface area contributed by atoms with Crippen LogP contribution in [0.25, 0.3) is 0 Å². The van der Waals surface area contributed by atoms with Gasteiger partial charge in [0.2, 0.25) is 6.79 Å². The van der Waals surface area contributed by atoms with Gasteiger partial charge in [0.05, 0.1) is 30.8 Å². The number of hydrogen-bond donors (Lipinski definition) is 1. The van der Waals surface area contributed by atoms with E-state index in [1.54, 1.807) is 6.92 Å². The van der Waals surface area contributed by atoms with E-state index >= 15 is 0 Å². The quantitative estimate of drug-likeness (QED) is 0.463. The number of methoxy groups -OCH3 is 1. The third-order valence-corrected chi connectivity index (χ3v) is 8.77. The first kappa shape index (κ1) is 25.5. The largest absolute Gasteiger partial charge is 0.504 e. The molecule has 1 N–H and O–H groups in total. The Kier molecular flexibility index (Phi) is 5.79. The SMILES string of the molecule is CC[C@H]1c2c3c(c(C)c(OC(C)=O)c2C(=O)[C@@H]2[C@H]4c5c(cc(C)c(OC)c5O)C[C@@H]([C@H](C#N)N21)N4C)OCO3. The van der Waals surface area contributed by atoms with Crippen molar-refractivity contribution in [3.63, 3.8) is 0 Å². The molecule has 39 heavy (non-hydrogen) atoms. The van der Waals surface area contributed by atoms with Crippen LogP contribution in [-0.2, 0) is 11.2 Å². The predicted octanol–water partition coefficient (Wildman–Crippen LogP) is 3.49. The molecule has 2 aromatic carbocycles. The number of likely N-dealkylation sites (N-methyl/N-ethyl adjacent to an activating group) is 1. The molecule has 2 bridgehead atoms. The van der Waals surface area contributed by atoms with Gasteiger partial charge in [-0.2, -0.15) is 5.26 Å². The lowest BCUT2D eigenvalue weighted by molar-refractivity contribution is -0.132. The smallest absolute Gasteiger partial charge is 0.308 e. The minimum absolute atomic E-state index is 0.00637. The Labute approximate surface area is 226 Å². The molecule has 4 heterocycles. The summed E-state index contributed by atoms with van der Waals surface area (Å²) in [6.45, 7) is 6.88. The number of fused-ring (bicyclic) bond motifs is 9. The third-order valence-electron chi connectivity index (χ3n) is 8.77. The van der Waals surface area contributed by atoms with E-state index in [1.807, 2.05) is 36.8 Å². The third kappa shape index (κ3) is 3.26. The zero-order valence-electron chi connectivity index (χ0n) is 22.8. The Morgan fingerprint density at radius 1 is 1.21 bits per heavy atom. The first-order chi connectivity index (χ1) is 18.7. The Bertz CT molecular complexity index is 1480. The molecule has 0 aromatic heterocycles. The summed E-state index contributed by atoms with van der Waals surface area (Å²) < 4.78 is 22.9. The van der Waals surface area contributed by atoms with Crippen LogP contribution in [-0.4, -0.2) is 65.7 Å². The van der Waals surface area contributed by atoms with Crippen LogP contribution in [0.15, 0.2) is 6.07 Å². The highest BCUT2D eigenvalue weighted by Gasteiger charge is 2.59. The van der Waals surface area contributed by atoms with Gasteiger partial charge in [0.15, 0.2) is 28.8 Å². The number of hydrogen-bond acceptors (Lipinski definition) is 10. The van der Waals surface area contributed by atoms with Gasteiger partial charge in [-0.05, 0) is 44.9 Å². The molecular weight excluding hydrogens is 502 g/mol. The summed E-state index contributed by atoms with van der Waals surface area (Å²) in [5.41, 5.74) is 3.68. The molecule has 0 radical (unpaired) electrons. The number of piperazine rings is 1. The molecule has 5 atom stereocenters. The van der Waals surface area contributed by atoms with E-state index in [9.17, 15) is 20.0 Å². The van der Waals surface area contributed by atoms with Gasteiger partial charge in [-0.25, -0.2) is 0 Å². The van der Waals surface area contributed by atoms with E-state index in [0.29, 0.717) is 46.8 Å². The fourth-order valence-corrected chi connectivity index (χ4v) is 7.30. The van der Waals surface area contributed by atoms with Crippen molar-refractivity contribution in [3.8, 4) is 34.8 Å². The lowest BCUT2D eigenvalue weighted by Gasteiger charge is -2.59. The number of Topliss-reactive ketones (excluding diaryl/α,β-unsaturated/α-hetero) is 1. The van der Waals surface area contributed by atoms with E-state index in [2.05, 4.69) is 6.07 Å². The lowest BCUT2D eigenvalue weighted by atomic mass is 9.71. The van der Waals surface area contributed by atoms with Crippen LogP contribution in [0.2, 0.25) is 0 Å². The van der Waals surface area contributed by atoms with Crippen LogP contribution in [0.5, 0.6) is 28.7 Å². The van der Waals surface area contributed by atoms with E-state index in [0.717, 1.165) is 11.1 Å². The standard InChI is InChI=1S/C29H31N3O7/c1-7-16-20-21(27(39-14(4)33)13(3)28-29(20)38-11-37-28)24(34)23-22-19-15(8-12(2)26(36-6)25(19)35)9-17(31(22)5)18(10-30)32(16)23/h8,16-18,22-23,35H,7,9,11H2,1-6H3/t16-,17-,18-,22+,23-/m0/s1. The average molecular weight is 534 g/mol. The molecule has 2 aromatic rings. The topological polar surface area (TPSA) is 122 Å². The first-order valence-corrected chi connectivity index (χ1v) is 13.1. The van der Waals surface area contributed by atoms with Crippen LogP contribution in [0, 0.1) is 25.2 Å². The molecule has 1 saturated heterocycles. The minimum atomic E-state index is -0.834. The summed E-state index contributed by atoms with van der Waals surface area (Å²) in [7, 11) is 3.40. The Hall–Kier alpha value is -3.81. The van der Waals surface area contributed by atoms with E-state index in [-0.39, 0.29) is 35.7 Å². The normalized spacial score (nSPS) is 26.8. The van der Waals surface area contributed by atoms with Gasteiger partial charge in [0.1, 0.15) is 11.8 Å². The van der Waals surface area contributed by atoms with Crippen molar-refractivity contribution in [1.29, 1.82) is 5.26 Å². The number of aromatic hydroxyl groups is 1. The van der Waals surface area contributed by atoms with E-state index in [1.165, 1.54) is 14.0 Å². The van der Waals surface area contributed by atoms with Crippen molar-refractivity contribution in [1.82, 2.24) is 9.80 Å². The molecule has 4 aliphatic rings. The molecule has 1 fully saturated rings. The van der Waals surface area contributed by atoms with E-state index in [4.69, 9.17) is 18.9 Å². The summed E-state index contributed by atoms with van der Waals surface area (Å²) in [5, 5.41) is 22.0. The number of ether oxygens (including phenoxy) is 4. The van der Waals surface area contributed by atoms with Crippen LogP contribution in [0.1, 0.15) is 70.5 Å². The highest BCUT2D eigenvalue weighted by molar-refractivity contribution is 6.08. The summed E-state index contributed by atoms with van der Waals surface area (Å²) in [5.74, 6) is 0.578. The molecular formula is C29H31N3O7. The van der Waals surface area contributed by atoms with Gasteiger partial charge in [-0.3, -0.25) is 19.4 Å². The molecule has 0 spiro atoms. The summed E-state index contributed by atoms with van der Waals surface area (Å²) in [6.07, 6.45) is 1.09. The van der Waals surface area contributed by atoms with Crippen LogP contribution in [0.3, 0.4) is 0 Å². The second-order valence-corrected chi connectivity index (χ2v) is 10.7. The number of nitrogens with zero attached hydrogens (tertiary/aromatic N) is 3. The monoisotopic (exact) mass is 533 g/mol. The number of phenols is 1. The van der Waals surface area contributed by atoms with Gasteiger partial charge in [0, 0.05) is 35.7 Å². The minimum Gasteiger partial charge on any atom is -0.504 e. The molecule has 10 heteroatoms. The Morgan fingerprint density at radius 3 is 2.56 bits per heavy atom. The first-order valence-electron chi connectivity index (χ1n) is 13.1. The van der Waals surface area contributed by atoms with Crippen molar-refractivity contribution < 1.29 is 33.6 Å². The number of aryl methyl sites for hydroxylation is 1.